The van der Waals surface area contributed by atoms with E-state index in [0.29, 0.717) is 11.1 Å². The van der Waals surface area contributed by atoms with Crippen molar-refractivity contribution in [1.82, 2.24) is 15.0 Å². The molecule has 1 aromatic heterocycles. The van der Waals surface area contributed by atoms with E-state index in [0.717, 1.165) is 11.0 Å². The molecule has 1 aromatic carbocycles. The lowest BCUT2D eigenvalue weighted by molar-refractivity contribution is 0.520. The zero-order valence-corrected chi connectivity index (χ0v) is 10.3. The van der Waals surface area contributed by atoms with Crippen LogP contribution in [-0.2, 0) is 12.5 Å². The molecule has 0 radical (unpaired) electrons. The van der Waals surface area contributed by atoms with Gasteiger partial charge in [0.25, 0.3) is 0 Å². The molecular formula is C12H16FN3. The number of halogens is 1. The van der Waals surface area contributed by atoms with Crippen molar-refractivity contribution < 1.29 is 4.39 Å². The second kappa shape index (κ2) is 3.27. The highest BCUT2D eigenvalue weighted by Gasteiger charge is 2.23. The predicted octanol–water partition coefficient (Wildman–Crippen LogP) is 2.71. The highest BCUT2D eigenvalue weighted by Crippen LogP contribution is 2.30. The molecule has 86 valence electrons. The Hall–Kier alpha value is -1.45. The summed E-state index contributed by atoms with van der Waals surface area (Å²) in [7, 11) is 1.78. The van der Waals surface area contributed by atoms with Gasteiger partial charge in [0.1, 0.15) is 11.3 Å². The van der Waals surface area contributed by atoms with E-state index < -0.39 is 0 Å². The average molecular weight is 221 g/mol. The molecule has 0 aliphatic carbocycles. The molecule has 3 nitrogen and oxygen atoms in total. The molecule has 16 heavy (non-hydrogen) atoms. The summed E-state index contributed by atoms with van der Waals surface area (Å²) >= 11 is 0. The monoisotopic (exact) mass is 221 g/mol. The Morgan fingerprint density at radius 2 is 1.94 bits per heavy atom. The Morgan fingerprint density at radius 3 is 2.50 bits per heavy atom. The van der Waals surface area contributed by atoms with Gasteiger partial charge in [0.05, 0.1) is 5.52 Å². The topological polar surface area (TPSA) is 30.7 Å². The third-order valence-electron chi connectivity index (χ3n) is 2.86. The molecule has 2 aromatic rings. The second-order valence-corrected chi connectivity index (χ2v) is 5.19. The molecule has 0 fully saturated rings. The van der Waals surface area contributed by atoms with Crippen LogP contribution in [0.4, 0.5) is 4.39 Å². The summed E-state index contributed by atoms with van der Waals surface area (Å²) in [6, 6.07) is 1.80. The fourth-order valence-corrected chi connectivity index (χ4v) is 1.96. The molecule has 0 amide bonds. The SMILES string of the molecule is Cc1c(F)c(C(C)(C)C)cc2nnn(C)c12. The van der Waals surface area contributed by atoms with E-state index in [1.54, 1.807) is 24.7 Å². The van der Waals surface area contributed by atoms with Crippen molar-refractivity contribution in [2.75, 3.05) is 0 Å². The van der Waals surface area contributed by atoms with Crippen molar-refractivity contribution in [3.8, 4) is 0 Å². The number of aryl methyl sites for hydroxylation is 2. The molecule has 0 atom stereocenters. The van der Waals surface area contributed by atoms with Gasteiger partial charge < -0.3 is 0 Å². The number of nitrogens with zero attached hydrogens (tertiary/aromatic N) is 3. The quantitative estimate of drug-likeness (QED) is 0.684. The normalized spacial score (nSPS) is 12.4. The maximum atomic E-state index is 14.2. The summed E-state index contributed by atoms with van der Waals surface area (Å²) in [6.07, 6.45) is 0. The van der Waals surface area contributed by atoms with Crippen LogP contribution in [0, 0.1) is 12.7 Å². The van der Waals surface area contributed by atoms with Crippen molar-refractivity contribution in [2.24, 2.45) is 7.05 Å². The van der Waals surface area contributed by atoms with Crippen molar-refractivity contribution in [2.45, 2.75) is 33.1 Å². The van der Waals surface area contributed by atoms with E-state index in [1.807, 2.05) is 20.8 Å². The minimum Gasteiger partial charge on any atom is -0.247 e. The molecule has 2 rings (SSSR count). The number of benzene rings is 1. The Balaban J connectivity index is 2.86. The van der Waals surface area contributed by atoms with Crippen LogP contribution >= 0.6 is 0 Å². The average Bonchev–Trinajstić information content (AvgIpc) is 2.52. The maximum Gasteiger partial charge on any atom is 0.132 e. The van der Waals surface area contributed by atoms with Crippen molar-refractivity contribution in [3.63, 3.8) is 0 Å². The third-order valence-corrected chi connectivity index (χ3v) is 2.86. The first kappa shape index (κ1) is 11.0. The lowest BCUT2D eigenvalue weighted by atomic mass is 9.85. The number of rotatable bonds is 0. The van der Waals surface area contributed by atoms with Crippen LogP contribution in [0.3, 0.4) is 0 Å². The van der Waals surface area contributed by atoms with Gasteiger partial charge in [-0.05, 0) is 24.0 Å². The van der Waals surface area contributed by atoms with E-state index >= 15 is 0 Å². The van der Waals surface area contributed by atoms with Crippen molar-refractivity contribution in [1.29, 1.82) is 0 Å². The Labute approximate surface area is 94.3 Å². The van der Waals surface area contributed by atoms with Crippen LogP contribution in [0.2, 0.25) is 0 Å². The van der Waals surface area contributed by atoms with Gasteiger partial charge in [-0.3, -0.25) is 0 Å². The minimum atomic E-state index is -0.222. The molecule has 0 unspecified atom stereocenters. The van der Waals surface area contributed by atoms with Crippen LogP contribution in [0.15, 0.2) is 6.07 Å². The van der Waals surface area contributed by atoms with Gasteiger partial charge in [-0.1, -0.05) is 26.0 Å². The number of hydrogen-bond acceptors (Lipinski definition) is 2. The van der Waals surface area contributed by atoms with Crippen LogP contribution in [-0.4, -0.2) is 15.0 Å². The molecule has 0 aliphatic heterocycles. The number of hydrogen-bond donors (Lipinski definition) is 0. The molecule has 0 N–H and O–H groups in total. The van der Waals surface area contributed by atoms with Gasteiger partial charge in [-0.25, -0.2) is 9.07 Å². The van der Waals surface area contributed by atoms with Gasteiger partial charge in [0.15, 0.2) is 0 Å². The molecule has 0 saturated heterocycles. The van der Waals surface area contributed by atoms with Crippen LogP contribution in [0.25, 0.3) is 11.0 Å². The molecule has 0 spiro atoms. The standard InChI is InChI=1S/C12H16FN3/c1-7-10(13)8(12(2,3)4)6-9-11(7)16(5)15-14-9/h6H,1-5H3. The Morgan fingerprint density at radius 1 is 1.31 bits per heavy atom. The summed E-state index contributed by atoms with van der Waals surface area (Å²) in [5, 5.41) is 7.96. The fraction of sp³-hybridized carbons (Fsp3) is 0.500. The van der Waals surface area contributed by atoms with Gasteiger partial charge in [0, 0.05) is 12.6 Å². The van der Waals surface area contributed by atoms with Gasteiger partial charge in [-0.2, -0.15) is 0 Å². The second-order valence-electron chi connectivity index (χ2n) is 5.19. The highest BCUT2D eigenvalue weighted by molar-refractivity contribution is 5.79. The summed E-state index contributed by atoms with van der Waals surface area (Å²) in [4.78, 5) is 0. The molecule has 0 saturated carbocycles. The molecule has 1 heterocycles. The van der Waals surface area contributed by atoms with E-state index in [2.05, 4.69) is 10.3 Å². The lowest BCUT2D eigenvalue weighted by Gasteiger charge is -2.20. The zero-order valence-electron chi connectivity index (χ0n) is 10.3. The minimum absolute atomic E-state index is 0.148. The predicted molar refractivity (Wildman–Crippen MR) is 61.9 cm³/mol. The van der Waals surface area contributed by atoms with E-state index in [-0.39, 0.29) is 11.2 Å². The number of aromatic nitrogens is 3. The highest BCUT2D eigenvalue weighted by atomic mass is 19.1. The first-order valence-electron chi connectivity index (χ1n) is 5.31. The molecule has 0 aliphatic rings. The van der Waals surface area contributed by atoms with Crippen LogP contribution in [0.5, 0.6) is 0 Å². The van der Waals surface area contributed by atoms with Crippen molar-refractivity contribution >= 4 is 11.0 Å². The first-order chi connectivity index (χ1) is 7.32. The van der Waals surface area contributed by atoms with Gasteiger partial charge >= 0.3 is 0 Å². The van der Waals surface area contributed by atoms with E-state index in [9.17, 15) is 4.39 Å². The van der Waals surface area contributed by atoms with E-state index in [1.165, 1.54) is 0 Å². The molecular weight excluding hydrogens is 205 g/mol. The Kier molecular flexibility index (Phi) is 2.26. The zero-order chi connectivity index (χ0) is 12.1. The maximum absolute atomic E-state index is 14.2. The Bertz CT molecular complexity index is 549. The van der Waals surface area contributed by atoms with Gasteiger partial charge in [-0.15, -0.1) is 5.10 Å². The smallest absolute Gasteiger partial charge is 0.132 e. The first-order valence-corrected chi connectivity index (χ1v) is 5.31. The van der Waals surface area contributed by atoms with Gasteiger partial charge in [0.2, 0.25) is 0 Å². The summed E-state index contributed by atoms with van der Waals surface area (Å²) < 4.78 is 15.8. The third kappa shape index (κ3) is 1.49. The summed E-state index contributed by atoms with van der Waals surface area (Å²) in [6.45, 7) is 7.75. The molecule has 4 heteroatoms. The van der Waals surface area contributed by atoms with Crippen molar-refractivity contribution in [3.05, 3.63) is 23.0 Å². The summed E-state index contributed by atoms with van der Waals surface area (Å²) in [5.41, 5.74) is 2.62. The van der Waals surface area contributed by atoms with Crippen LogP contribution < -0.4 is 0 Å². The fourth-order valence-electron chi connectivity index (χ4n) is 1.96. The summed E-state index contributed by atoms with van der Waals surface area (Å²) in [5.74, 6) is -0.148. The number of fused-ring (bicyclic) bond motifs is 1. The largest absolute Gasteiger partial charge is 0.247 e. The van der Waals surface area contributed by atoms with Crippen LogP contribution in [0.1, 0.15) is 31.9 Å². The van der Waals surface area contributed by atoms with E-state index in [4.69, 9.17) is 0 Å². The molecule has 0 bridgehead atoms. The lowest BCUT2D eigenvalue weighted by Crippen LogP contribution is -2.14.